The molecule has 1 unspecified atom stereocenters. The summed E-state index contributed by atoms with van der Waals surface area (Å²) < 4.78 is 24.7. The molecule has 1 aliphatic heterocycles. The molecule has 0 aliphatic carbocycles. The van der Waals surface area contributed by atoms with E-state index in [0.29, 0.717) is 23.5 Å². The van der Waals surface area contributed by atoms with E-state index in [1.165, 1.54) is 6.07 Å². The van der Waals surface area contributed by atoms with Crippen molar-refractivity contribution < 1.29 is 18.7 Å². The van der Waals surface area contributed by atoms with Crippen molar-refractivity contribution in [2.75, 3.05) is 13.2 Å². The van der Waals surface area contributed by atoms with Crippen LogP contribution in [0.5, 0.6) is 5.75 Å². The van der Waals surface area contributed by atoms with Gasteiger partial charge in [0.05, 0.1) is 6.10 Å². The molecule has 0 radical (unpaired) electrons. The van der Waals surface area contributed by atoms with E-state index in [9.17, 15) is 9.18 Å². The topological polar surface area (TPSA) is 47.6 Å². The molecule has 1 aliphatic rings. The maximum Gasteiger partial charge on any atom is 0.251 e. The van der Waals surface area contributed by atoms with Crippen LogP contribution in [0.1, 0.15) is 28.8 Å². The summed E-state index contributed by atoms with van der Waals surface area (Å²) in [5.41, 5.74) is 0.971. The number of hydrogen-bond donors (Lipinski definition) is 1. The van der Waals surface area contributed by atoms with Crippen LogP contribution in [0, 0.1) is 5.82 Å². The molecule has 2 aromatic rings. The molecule has 0 bridgehead atoms. The summed E-state index contributed by atoms with van der Waals surface area (Å²) in [7, 11) is 0. The minimum Gasteiger partial charge on any atom is -0.491 e. The quantitative estimate of drug-likeness (QED) is 0.884. The number of halogens is 1. The average Bonchev–Trinajstić information content (AvgIpc) is 3.13. The van der Waals surface area contributed by atoms with E-state index in [-0.39, 0.29) is 24.4 Å². The zero-order valence-electron chi connectivity index (χ0n) is 13.3. The molecule has 1 saturated heterocycles. The van der Waals surface area contributed by atoms with Gasteiger partial charge in [0.2, 0.25) is 0 Å². The summed E-state index contributed by atoms with van der Waals surface area (Å²) in [6, 6.07) is 13.3. The molecule has 1 fully saturated rings. The van der Waals surface area contributed by atoms with Crippen LogP contribution >= 0.6 is 0 Å². The van der Waals surface area contributed by atoms with E-state index in [4.69, 9.17) is 9.47 Å². The van der Waals surface area contributed by atoms with Gasteiger partial charge in [-0.1, -0.05) is 18.2 Å². The molecule has 1 amide bonds. The van der Waals surface area contributed by atoms with Crippen LogP contribution in [-0.4, -0.2) is 25.2 Å². The van der Waals surface area contributed by atoms with E-state index in [1.807, 2.05) is 0 Å². The maximum absolute atomic E-state index is 13.5. The molecule has 1 heterocycles. The summed E-state index contributed by atoms with van der Waals surface area (Å²) in [6.45, 7) is 1.48. The molecule has 1 N–H and O–H groups in total. The lowest BCUT2D eigenvalue weighted by molar-refractivity contribution is 0.0679. The highest BCUT2D eigenvalue weighted by Gasteiger charge is 2.16. The Hall–Kier alpha value is -2.40. The largest absolute Gasteiger partial charge is 0.491 e. The number of ether oxygens (including phenoxy) is 2. The normalized spacial score (nSPS) is 16.8. The third kappa shape index (κ3) is 4.32. The van der Waals surface area contributed by atoms with E-state index >= 15 is 0 Å². The highest BCUT2D eigenvalue weighted by molar-refractivity contribution is 5.94. The standard InChI is InChI=1S/C19H20FNO3/c20-18-6-2-1-4-15(18)12-21-19(22)14-7-9-16(10-8-14)24-13-17-5-3-11-23-17/h1-2,4,6-10,17H,3,5,11-13H2,(H,21,22). The molecular weight excluding hydrogens is 309 g/mol. The second-order valence-electron chi connectivity index (χ2n) is 5.74. The maximum atomic E-state index is 13.5. The van der Waals surface area contributed by atoms with Crippen LogP contribution in [0.4, 0.5) is 4.39 Å². The second kappa shape index (κ2) is 7.93. The Labute approximate surface area is 140 Å². The van der Waals surface area contributed by atoms with Crippen LogP contribution in [0.2, 0.25) is 0 Å². The Bertz CT molecular complexity index is 681. The molecular formula is C19H20FNO3. The Morgan fingerprint density at radius 2 is 2.00 bits per heavy atom. The zero-order valence-corrected chi connectivity index (χ0v) is 13.3. The van der Waals surface area contributed by atoms with Crippen molar-refractivity contribution in [1.29, 1.82) is 0 Å². The molecule has 24 heavy (non-hydrogen) atoms. The van der Waals surface area contributed by atoms with Gasteiger partial charge in [-0.3, -0.25) is 4.79 Å². The molecule has 3 rings (SSSR count). The minimum atomic E-state index is -0.323. The molecule has 2 aromatic carbocycles. The fourth-order valence-electron chi connectivity index (χ4n) is 2.59. The lowest BCUT2D eigenvalue weighted by atomic mass is 10.2. The van der Waals surface area contributed by atoms with Crippen LogP contribution < -0.4 is 10.1 Å². The van der Waals surface area contributed by atoms with E-state index in [2.05, 4.69) is 5.32 Å². The zero-order chi connectivity index (χ0) is 16.8. The van der Waals surface area contributed by atoms with Gasteiger partial charge >= 0.3 is 0 Å². The first-order chi connectivity index (χ1) is 11.7. The van der Waals surface area contributed by atoms with Crippen LogP contribution in [-0.2, 0) is 11.3 Å². The monoisotopic (exact) mass is 329 g/mol. The first-order valence-corrected chi connectivity index (χ1v) is 8.08. The summed E-state index contributed by atoms with van der Waals surface area (Å²) in [5.74, 6) is 0.135. The van der Waals surface area contributed by atoms with Crippen molar-refractivity contribution in [1.82, 2.24) is 5.32 Å². The third-order valence-electron chi connectivity index (χ3n) is 3.97. The number of benzene rings is 2. The highest BCUT2D eigenvalue weighted by atomic mass is 19.1. The summed E-state index contributed by atoms with van der Waals surface area (Å²) in [5, 5.41) is 2.71. The van der Waals surface area contributed by atoms with E-state index in [0.717, 1.165) is 19.4 Å². The van der Waals surface area contributed by atoms with Crippen molar-refractivity contribution in [2.24, 2.45) is 0 Å². The fraction of sp³-hybridized carbons (Fsp3) is 0.316. The first kappa shape index (κ1) is 16.5. The van der Waals surface area contributed by atoms with Gasteiger partial charge in [0.1, 0.15) is 18.2 Å². The number of hydrogen-bond acceptors (Lipinski definition) is 3. The highest BCUT2D eigenvalue weighted by Crippen LogP contribution is 2.16. The summed E-state index contributed by atoms with van der Waals surface area (Å²) in [4.78, 5) is 12.1. The van der Waals surface area contributed by atoms with Gasteiger partial charge in [0.15, 0.2) is 0 Å². The van der Waals surface area contributed by atoms with Crippen LogP contribution in [0.15, 0.2) is 48.5 Å². The van der Waals surface area contributed by atoms with Crippen molar-refractivity contribution >= 4 is 5.91 Å². The van der Waals surface area contributed by atoms with Gasteiger partial charge in [-0.2, -0.15) is 0 Å². The SMILES string of the molecule is O=C(NCc1ccccc1F)c1ccc(OCC2CCCO2)cc1. The summed E-state index contributed by atoms with van der Waals surface area (Å²) in [6.07, 6.45) is 2.26. The van der Waals surface area contributed by atoms with Crippen LogP contribution in [0.3, 0.4) is 0 Å². The van der Waals surface area contributed by atoms with Crippen molar-refractivity contribution in [3.05, 3.63) is 65.5 Å². The van der Waals surface area contributed by atoms with Gasteiger partial charge in [0, 0.05) is 24.3 Å². The predicted molar refractivity (Wildman–Crippen MR) is 88.5 cm³/mol. The van der Waals surface area contributed by atoms with E-state index < -0.39 is 0 Å². The average molecular weight is 329 g/mol. The molecule has 5 heteroatoms. The van der Waals surface area contributed by atoms with Gasteiger partial charge in [-0.05, 0) is 43.2 Å². The van der Waals surface area contributed by atoms with Gasteiger partial charge in [0.25, 0.3) is 5.91 Å². The fourth-order valence-corrected chi connectivity index (χ4v) is 2.59. The van der Waals surface area contributed by atoms with Gasteiger partial charge in [-0.25, -0.2) is 4.39 Å². The van der Waals surface area contributed by atoms with Crippen molar-refractivity contribution in [3.8, 4) is 5.75 Å². The first-order valence-electron chi connectivity index (χ1n) is 8.08. The third-order valence-corrected chi connectivity index (χ3v) is 3.97. The molecule has 4 nitrogen and oxygen atoms in total. The van der Waals surface area contributed by atoms with Crippen molar-refractivity contribution in [3.63, 3.8) is 0 Å². The Kier molecular flexibility index (Phi) is 5.43. The molecule has 0 spiro atoms. The molecule has 1 atom stereocenters. The molecule has 126 valence electrons. The van der Waals surface area contributed by atoms with Gasteiger partial charge < -0.3 is 14.8 Å². The molecule has 0 aromatic heterocycles. The minimum absolute atomic E-state index is 0.156. The lowest BCUT2D eigenvalue weighted by Crippen LogP contribution is -2.23. The van der Waals surface area contributed by atoms with E-state index in [1.54, 1.807) is 42.5 Å². The Morgan fingerprint density at radius 3 is 2.71 bits per heavy atom. The number of amides is 1. The number of carbonyl (C=O) groups is 1. The number of nitrogens with one attached hydrogen (secondary N) is 1. The Balaban J connectivity index is 1.50. The second-order valence-corrected chi connectivity index (χ2v) is 5.74. The smallest absolute Gasteiger partial charge is 0.251 e. The number of rotatable bonds is 6. The van der Waals surface area contributed by atoms with Crippen LogP contribution in [0.25, 0.3) is 0 Å². The van der Waals surface area contributed by atoms with Gasteiger partial charge in [-0.15, -0.1) is 0 Å². The Morgan fingerprint density at radius 1 is 1.21 bits per heavy atom. The van der Waals surface area contributed by atoms with Crippen molar-refractivity contribution in [2.45, 2.75) is 25.5 Å². The molecule has 0 saturated carbocycles. The number of carbonyl (C=O) groups excluding carboxylic acids is 1. The predicted octanol–water partition coefficient (Wildman–Crippen LogP) is 3.31. The lowest BCUT2D eigenvalue weighted by Gasteiger charge is -2.12. The summed E-state index contributed by atoms with van der Waals surface area (Å²) >= 11 is 0.